The quantitative estimate of drug-likeness (QED) is 0.676. The maximum atomic E-state index is 10.8. The van der Waals surface area contributed by atoms with Crippen molar-refractivity contribution in [2.24, 2.45) is 0 Å². The highest BCUT2D eigenvalue weighted by Gasteiger charge is 2.10. The lowest BCUT2D eigenvalue weighted by molar-refractivity contribution is 0.123. The van der Waals surface area contributed by atoms with Crippen molar-refractivity contribution in [2.75, 3.05) is 25.1 Å². The number of hydrogen-bond acceptors (Lipinski definition) is 4. The van der Waals surface area contributed by atoms with Crippen LogP contribution in [0.5, 0.6) is 0 Å². The van der Waals surface area contributed by atoms with E-state index in [1.54, 1.807) is 6.26 Å². The van der Waals surface area contributed by atoms with E-state index in [1.165, 1.54) is 6.26 Å². The number of ether oxygens (including phenoxy) is 1. The van der Waals surface area contributed by atoms with Gasteiger partial charge in [-0.2, -0.15) is 0 Å². The van der Waals surface area contributed by atoms with Crippen LogP contribution in [0.25, 0.3) is 0 Å². The Kier molecular flexibility index (Phi) is 4.41. The molecule has 0 saturated heterocycles. The maximum Gasteiger partial charge on any atom is 0.148 e. The van der Waals surface area contributed by atoms with Gasteiger partial charge in [0.15, 0.2) is 0 Å². The summed E-state index contributed by atoms with van der Waals surface area (Å²) in [5.41, 5.74) is 0. The second-order valence-electron chi connectivity index (χ2n) is 3.54. The third-order valence-corrected chi connectivity index (χ3v) is 2.99. The molecule has 82 valence electrons. The average molecular weight is 219 g/mol. The van der Waals surface area contributed by atoms with Crippen molar-refractivity contribution < 1.29 is 13.2 Å². The largest absolute Gasteiger partial charge is 0.497 e. The highest BCUT2D eigenvalue weighted by Crippen LogP contribution is 2.08. The molecule has 14 heavy (non-hydrogen) atoms. The summed E-state index contributed by atoms with van der Waals surface area (Å²) in [6.07, 6.45) is 7.19. The number of hydrogen-bond donors (Lipinski definition) is 1. The van der Waals surface area contributed by atoms with Gasteiger partial charge in [0.05, 0.1) is 12.0 Å². The minimum Gasteiger partial charge on any atom is -0.497 e. The minimum absolute atomic E-state index is 0.190. The molecule has 0 bridgehead atoms. The first-order valence-electron chi connectivity index (χ1n) is 4.77. The minimum atomic E-state index is -2.84. The molecule has 4 nitrogen and oxygen atoms in total. The number of nitrogens with one attached hydrogen (secondary N) is 1. The molecule has 0 fully saturated rings. The lowest BCUT2D eigenvalue weighted by Crippen LogP contribution is -2.32. The lowest BCUT2D eigenvalue weighted by Gasteiger charge is -2.19. The molecular formula is C9H17NO3S. The first-order valence-corrected chi connectivity index (χ1v) is 6.83. The molecule has 1 heterocycles. The van der Waals surface area contributed by atoms with Crippen LogP contribution in [0.4, 0.5) is 0 Å². The van der Waals surface area contributed by atoms with Gasteiger partial charge in [-0.15, -0.1) is 0 Å². The third-order valence-electron chi connectivity index (χ3n) is 2.04. The fourth-order valence-electron chi connectivity index (χ4n) is 1.26. The van der Waals surface area contributed by atoms with Gasteiger partial charge in [0.25, 0.3) is 0 Å². The van der Waals surface area contributed by atoms with Crippen molar-refractivity contribution in [1.29, 1.82) is 0 Å². The van der Waals surface area contributed by atoms with Crippen LogP contribution >= 0.6 is 0 Å². The first kappa shape index (κ1) is 11.5. The first-order chi connectivity index (χ1) is 6.58. The Morgan fingerprint density at radius 2 is 2.36 bits per heavy atom. The second kappa shape index (κ2) is 5.36. The zero-order chi connectivity index (χ0) is 10.4. The third kappa shape index (κ3) is 5.24. The SMILES string of the molecule is CS(=O)(=O)CCNCC1CCC=CO1. The van der Waals surface area contributed by atoms with Crippen LogP contribution in [0.1, 0.15) is 12.8 Å². The maximum absolute atomic E-state index is 10.8. The molecule has 1 N–H and O–H groups in total. The monoisotopic (exact) mass is 219 g/mol. The highest BCUT2D eigenvalue weighted by atomic mass is 32.2. The fourth-order valence-corrected chi connectivity index (χ4v) is 1.77. The average Bonchev–Trinajstić information content (AvgIpc) is 2.13. The number of rotatable bonds is 5. The smallest absolute Gasteiger partial charge is 0.148 e. The van der Waals surface area contributed by atoms with Gasteiger partial charge in [0, 0.05) is 19.3 Å². The molecular weight excluding hydrogens is 202 g/mol. The van der Waals surface area contributed by atoms with Crippen LogP contribution in [0.3, 0.4) is 0 Å². The van der Waals surface area contributed by atoms with E-state index in [1.807, 2.05) is 6.08 Å². The molecule has 0 aromatic heterocycles. The normalized spacial score (nSPS) is 21.9. The van der Waals surface area contributed by atoms with Gasteiger partial charge in [0.1, 0.15) is 15.9 Å². The molecule has 1 atom stereocenters. The molecule has 0 amide bonds. The van der Waals surface area contributed by atoms with Crippen LogP contribution in [0, 0.1) is 0 Å². The Morgan fingerprint density at radius 3 is 2.93 bits per heavy atom. The van der Waals surface area contributed by atoms with E-state index in [9.17, 15) is 8.42 Å². The Hall–Kier alpha value is -0.550. The van der Waals surface area contributed by atoms with Crippen LogP contribution in [-0.2, 0) is 14.6 Å². The predicted molar refractivity (Wildman–Crippen MR) is 55.8 cm³/mol. The van der Waals surface area contributed by atoms with E-state index in [0.29, 0.717) is 6.54 Å². The molecule has 0 aliphatic carbocycles. The zero-order valence-electron chi connectivity index (χ0n) is 8.40. The zero-order valence-corrected chi connectivity index (χ0v) is 9.22. The Balaban J connectivity index is 2.07. The standard InChI is InChI=1S/C9H17NO3S/c1-14(11,12)7-5-10-8-9-4-2-3-6-13-9/h3,6,9-10H,2,4-5,7-8H2,1H3. The van der Waals surface area contributed by atoms with Gasteiger partial charge in [0.2, 0.25) is 0 Å². The number of allylic oxidation sites excluding steroid dienone is 1. The summed E-state index contributed by atoms with van der Waals surface area (Å²) in [5, 5.41) is 3.07. The van der Waals surface area contributed by atoms with E-state index < -0.39 is 9.84 Å². The summed E-state index contributed by atoms with van der Waals surface area (Å²) >= 11 is 0. The van der Waals surface area contributed by atoms with Crippen LogP contribution in [0.15, 0.2) is 12.3 Å². The molecule has 0 aromatic rings. The molecule has 1 aliphatic rings. The van der Waals surface area contributed by atoms with Crippen molar-refractivity contribution >= 4 is 9.84 Å². The fraction of sp³-hybridized carbons (Fsp3) is 0.778. The summed E-state index contributed by atoms with van der Waals surface area (Å²) in [6.45, 7) is 1.22. The highest BCUT2D eigenvalue weighted by molar-refractivity contribution is 7.90. The summed E-state index contributed by atoms with van der Waals surface area (Å²) in [7, 11) is -2.84. The molecule has 1 aliphatic heterocycles. The van der Waals surface area contributed by atoms with Crippen molar-refractivity contribution in [2.45, 2.75) is 18.9 Å². The number of sulfone groups is 1. The van der Waals surface area contributed by atoms with Gasteiger partial charge in [-0.25, -0.2) is 8.42 Å². The van der Waals surface area contributed by atoms with E-state index in [-0.39, 0.29) is 11.9 Å². The van der Waals surface area contributed by atoms with Gasteiger partial charge in [-0.3, -0.25) is 0 Å². The van der Waals surface area contributed by atoms with Gasteiger partial charge < -0.3 is 10.1 Å². The van der Waals surface area contributed by atoms with Crippen LogP contribution in [0.2, 0.25) is 0 Å². The van der Waals surface area contributed by atoms with Crippen LogP contribution < -0.4 is 5.32 Å². The molecule has 1 unspecified atom stereocenters. The summed E-state index contributed by atoms with van der Waals surface area (Å²) < 4.78 is 26.9. The van der Waals surface area contributed by atoms with Crippen LogP contribution in [-0.4, -0.2) is 39.6 Å². The van der Waals surface area contributed by atoms with Crippen molar-refractivity contribution in [1.82, 2.24) is 5.32 Å². The Labute approximate surface area is 85.3 Å². The van der Waals surface area contributed by atoms with Gasteiger partial charge >= 0.3 is 0 Å². The van der Waals surface area contributed by atoms with Gasteiger partial charge in [-0.1, -0.05) is 0 Å². The lowest BCUT2D eigenvalue weighted by atomic mass is 10.1. The molecule has 0 spiro atoms. The van der Waals surface area contributed by atoms with Crippen molar-refractivity contribution in [3.05, 3.63) is 12.3 Å². The molecule has 0 radical (unpaired) electrons. The van der Waals surface area contributed by atoms with Crippen molar-refractivity contribution in [3.63, 3.8) is 0 Å². The van der Waals surface area contributed by atoms with Crippen molar-refractivity contribution in [3.8, 4) is 0 Å². The van der Waals surface area contributed by atoms with E-state index in [0.717, 1.165) is 19.4 Å². The summed E-state index contributed by atoms with van der Waals surface area (Å²) in [6, 6.07) is 0. The summed E-state index contributed by atoms with van der Waals surface area (Å²) in [5.74, 6) is 0.190. The predicted octanol–water partition coefficient (Wildman–Crippen LogP) is 0.313. The Morgan fingerprint density at radius 1 is 1.57 bits per heavy atom. The van der Waals surface area contributed by atoms with E-state index in [4.69, 9.17) is 4.74 Å². The molecule has 1 rings (SSSR count). The van der Waals surface area contributed by atoms with Gasteiger partial charge in [-0.05, 0) is 18.9 Å². The summed E-state index contributed by atoms with van der Waals surface area (Å²) in [4.78, 5) is 0. The Bertz CT molecular complexity index is 284. The topological polar surface area (TPSA) is 55.4 Å². The van der Waals surface area contributed by atoms with E-state index >= 15 is 0 Å². The second-order valence-corrected chi connectivity index (χ2v) is 5.80. The molecule has 0 saturated carbocycles. The van der Waals surface area contributed by atoms with E-state index in [2.05, 4.69) is 5.32 Å². The molecule has 0 aromatic carbocycles. The molecule has 5 heteroatoms.